The van der Waals surface area contributed by atoms with Crippen LogP contribution in [0, 0.1) is 0 Å². The van der Waals surface area contributed by atoms with Crippen molar-refractivity contribution in [2.24, 2.45) is 0 Å². The maximum atomic E-state index is 11.0. The number of carbonyl (C=O) groups is 1. The van der Waals surface area contributed by atoms with Crippen LogP contribution in [-0.4, -0.2) is 25.3 Å². The molecule has 2 aromatic rings. The molecule has 0 fully saturated rings. The molecule has 0 amide bonds. The zero-order valence-electron chi connectivity index (χ0n) is 8.81. The van der Waals surface area contributed by atoms with Gasteiger partial charge in [-0.3, -0.25) is 0 Å². The Labute approximate surface area is 91.2 Å². The van der Waals surface area contributed by atoms with Gasteiger partial charge in [-0.15, -0.1) is 0 Å². The number of hydrogen-bond donors (Lipinski definition) is 1. The lowest BCUT2D eigenvalue weighted by molar-refractivity contribution is 0.0693. The smallest absolute Gasteiger partial charge is 0.339 e. The van der Waals surface area contributed by atoms with Crippen LogP contribution in [0.1, 0.15) is 10.4 Å². The van der Waals surface area contributed by atoms with Gasteiger partial charge in [0.1, 0.15) is 5.56 Å². The summed E-state index contributed by atoms with van der Waals surface area (Å²) in [6.45, 7) is 0. The van der Waals surface area contributed by atoms with E-state index in [0.717, 1.165) is 0 Å². The van der Waals surface area contributed by atoms with E-state index in [1.807, 2.05) is 0 Å². The number of benzene rings is 1. The summed E-state index contributed by atoms with van der Waals surface area (Å²) in [6.07, 6.45) is 1.47. The highest BCUT2D eigenvalue weighted by Gasteiger charge is 2.21. The highest BCUT2D eigenvalue weighted by Crippen LogP contribution is 2.39. The molecule has 0 spiro atoms. The second kappa shape index (κ2) is 3.77. The predicted octanol–water partition coefficient (Wildman–Crippen LogP) is 2.15. The Balaban J connectivity index is 2.84. The summed E-state index contributed by atoms with van der Waals surface area (Å²) in [5, 5.41) is 9.71. The Kier molecular flexibility index (Phi) is 2.44. The van der Waals surface area contributed by atoms with Gasteiger partial charge < -0.3 is 19.0 Å². The molecule has 1 N–H and O–H groups in total. The number of fused-ring (bicyclic) bond motifs is 1. The monoisotopic (exact) mass is 222 g/mol. The first kappa shape index (κ1) is 10.4. The van der Waals surface area contributed by atoms with E-state index in [2.05, 4.69) is 0 Å². The van der Waals surface area contributed by atoms with Crippen molar-refractivity contribution in [1.82, 2.24) is 0 Å². The molecule has 5 heteroatoms. The molecular weight excluding hydrogens is 212 g/mol. The molecule has 0 unspecified atom stereocenters. The third kappa shape index (κ3) is 1.37. The molecule has 0 aliphatic rings. The van der Waals surface area contributed by atoms with E-state index >= 15 is 0 Å². The first-order valence-electron chi connectivity index (χ1n) is 4.54. The summed E-state index contributed by atoms with van der Waals surface area (Å²) in [5.41, 5.74) is 0.526. The van der Waals surface area contributed by atoms with E-state index in [9.17, 15) is 4.79 Å². The summed E-state index contributed by atoms with van der Waals surface area (Å²) in [6, 6.07) is 3.16. The normalized spacial score (nSPS) is 10.4. The van der Waals surface area contributed by atoms with E-state index in [1.54, 1.807) is 6.07 Å². The molecule has 1 heterocycles. The Morgan fingerprint density at radius 3 is 2.56 bits per heavy atom. The van der Waals surface area contributed by atoms with Crippen molar-refractivity contribution < 1.29 is 23.8 Å². The Morgan fingerprint density at radius 2 is 2.00 bits per heavy atom. The van der Waals surface area contributed by atoms with E-state index in [0.29, 0.717) is 16.7 Å². The first-order chi connectivity index (χ1) is 7.69. The van der Waals surface area contributed by atoms with Crippen LogP contribution in [0.15, 0.2) is 22.8 Å². The minimum Gasteiger partial charge on any atom is -0.492 e. The highest BCUT2D eigenvalue weighted by atomic mass is 16.5. The molecule has 0 aliphatic heterocycles. The third-order valence-corrected chi connectivity index (χ3v) is 2.29. The molecule has 0 bridgehead atoms. The molecule has 1 aromatic carbocycles. The molecule has 5 nitrogen and oxygen atoms in total. The van der Waals surface area contributed by atoms with Crippen LogP contribution in [0.4, 0.5) is 0 Å². The minimum atomic E-state index is -1.07. The van der Waals surface area contributed by atoms with Crippen molar-refractivity contribution in [3.8, 4) is 11.5 Å². The number of carboxylic acid groups (broad SMARTS) is 1. The summed E-state index contributed by atoms with van der Waals surface area (Å²) in [7, 11) is 2.82. The Morgan fingerprint density at radius 1 is 1.31 bits per heavy atom. The second-order valence-corrected chi connectivity index (χ2v) is 3.13. The van der Waals surface area contributed by atoms with Gasteiger partial charge in [0.25, 0.3) is 0 Å². The number of carboxylic acids is 1. The fraction of sp³-hybridized carbons (Fsp3) is 0.182. The molecule has 1 aromatic heterocycles. The molecule has 0 atom stereocenters. The lowest BCUT2D eigenvalue weighted by Crippen LogP contribution is -2.02. The molecule has 0 radical (unpaired) electrons. The molecular formula is C11H10O5. The van der Waals surface area contributed by atoms with Gasteiger partial charge in [0.05, 0.1) is 20.5 Å². The molecule has 0 saturated carbocycles. The SMILES string of the molecule is COc1c(C(=O)O)cc2ccoc2c1OC. The van der Waals surface area contributed by atoms with Crippen LogP contribution in [0.25, 0.3) is 11.0 Å². The Bertz CT molecular complexity index is 541. The molecule has 0 saturated heterocycles. The predicted molar refractivity (Wildman–Crippen MR) is 56.3 cm³/mol. The van der Waals surface area contributed by atoms with Crippen molar-refractivity contribution in [2.45, 2.75) is 0 Å². The van der Waals surface area contributed by atoms with Crippen LogP contribution in [-0.2, 0) is 0 Å². The third-order valence-electron chi connectivity index (χ3n) is 2.29. The largest absolute Gasteiger partial charge is 0.492 e. The fourth-order valence-electron chi connectivity index (χ4n) is 1.61. The van der Waals surface area contributed by atoms with Gasteiger partial charge in [-0.25, -0.2) is 4.79 Å². The molecule has 2 rings (SSSR count). The van der Waals surface area contributed by atoms with Gasteiger partial charge >= 0.3 is 5.97 Å². The maximum Gasteiger partial charge on any atom is 0.339 e. The zero-order valence-corrected chi connectivity index (χ0v) is 8.81. The van der Waals surface area contributed by atoms with Crippen LogP contribution in [0.3, 0.4) is 0 Å². The van der Waals surface area contributed by atoms with E-state index in [1.165, 1.54) is 26.5 Å². The fourth-order valence-corrected chi connectivity index (χ4v) is 1.61. The maximum absolute atomic E-state index is 11.0. The lowest BCUT2D eigenvalue weighted by atomic mass is 10.1. The zero-order chi connectivity index (χ0) is 11.7. The van der Waals surface area contributed by atoms with Gasteiger partial charge in [-0.05, 0) is 12.1 Å². The quantitative estimate of drug-likeness (QED) is 0.861. The van der Waals surface area contributed by atoms with Crippen molar-refractivity contribution in [3.63, 3.8) is 0 Å². The lowest BCUT2D eigenvalue weighted by Gasteiger charge is -2.10. The van der Waals surface area contributed by atoms with Crippen LogP contribution in [0.5, 0.6) is 11.5 Å². The number of furan rings is 1. The number of aromatic carboxylic acids is 1. The average Bonchev–Trinajstić information content (AvgIpc) is 2.73. The van der Waals surface area contributed by atoms with Crippen molar-refractivity contribution in [2.75, 3.05) is 14.2 Å². The molecule has 0 aliphatic carbocycles. The van der Waals surface area contributed by atoms with Crippen molar-refractivity contribution in [1.29, 1.82) is 0 Å². The topological polar surface area (TPSA) is 68.9 Å². The van der Waals surface area contributed by atoms with Gasteiger partial charge in [0.15, 0.2) is 11.3 Å². The number of ether oxygens (including phenoxy) is 2. The number of methoxy groups -OCH3 is 2. The highest BCUT2D eigenvalue weighted by molar-refractivity contribution is 5.99. The number of hydrogen-bond acceptors (Lipinski definition) is 4. The van der Waals surface area contributed by atoms with E-state index < -0.39 is 5.97 Å². The summed E-state index contributed by atoms with van der Waals surface area (Å²) < 4.78 is 15.4. The second-order valence-electron chi connectivity index (χ2n) is 3.13. The van der Waals surface area contributed by atoms with Gasteiger partial charge in [-0.1, -0.05) is 0 Å². The van der Waals surface area contributed by atoms with Crippen LogP contribution >= 0.6 is 0 Å². The van der Waals surface area contributed by atoms with Gasteiger partial charge in [0.2, 0.25) is 5.75 Å². The van der Waals surface area contributed by atoms with Crippen LogP contribution < -0.4 is 9.47 Å². The van der Waals surface area contributed by atoms with E-state index in [4.69, 9.17) is 19.0 Å². The standard InChI is InChI=1S/C11H10O5/c1-14-9-7(11(12)13)5-6-3-4-16-8(6)10(9)15-2/h3-5H,1-2H3,(H,12,13). The summed E-state index contributed by atoms with van der Waals surface area (Å²) >= 11 is 0. The minimum absolute atomic E-state index is 0.0493. The molecule has 84 valence electrons. The van der Waals surface area contributed by atoms with Crippen molar-refractivity contribution >= 4 is 16.9 Å². The number of rotatable bonds is 3. The summed E-state index contributed by atoms with van der Waals surface area (Å²) in [5.74, 6) is -0.613. The first-order valence-corrected chi connectivity index (χ1v) is 4.54. The Hall–Kier alpha value is -2.17. The van der Waals surface area contributed by atoms with Crippen molar-refractivity contribution in [3.05, 3.63) is 24.0 Å². The average molecular weight is 222 g/mol. The van der Waals surface area contributed by atoms with E-state index in [-0.39, 0.29) is 11.3 Å². The van der Waals surface area contributed by atoms with Gasteiger partial charge in [0, 0.05) is 5.39 Å². The van der Waals surface area contributed by atoms with Gasteiger partial charge in [-0.2, -0.15) is 0 Å². The molecule has 16 heavy (non-hydrogen) atoms. The van der Waals surface area contributed by atoms with Crippen LogP contribution in [0.2, 0.25) is 0 Å². The summed E-state index contributed by atoms with van der Waals surface area (Å²) in [4.78, 5) is 11.0.